The Hall–Kier alpha value is -1.36. The molecule has 1 aromatic heterocycles. The zero-order valence-corrected chi connectivity index (χ0v) is 9.26. The van der Waals surface area contributed by atoms with Crippen molar-refractivity contribution in [2.45, 2.75) is 19.3 Å². The number of nitrogens with zero attached hydrogens (tertiary/aromatic N) is 2. The summed E-state index contributed by atoms with van der Waals surface area (Å²) >= 11 is 0. The van der Waals surface area contributed by atoms with Gasteiger partial charge < -0.3 is 16.2 Å². The van der Waals surface area contributed by atoms with E-state index >= 15 is 0 Å². The Bertz CT molecular complexity index is 345. The van der Waals surface area contributed by atoms with E-state index in [1.807, 2.05) is 0 Å². The van der Waals surface area contributed by atoms with E-state index in [9.17, 15) is 5.11 Å². The molecule has 1 aromatic rings. The van der Waals surface area contributed by atoms with Gasteiger partial charge in [-0.1, -0.05) is 6.42 Å². The maximum Gasteiger partial charge on any atom is 0.168 e. The fourth-order valence-electron chi connectivity index (χ4n) is 2.34. The first-order valence-electron chi connectivity index (χ1n) is 5.72. The van der Waals surface area contributed by atoms with Crippen LogP contribution in [0.4, 0.5) is 11.6 Å². The van der Waals surface area contributed by atoms with Gasteiger partial charge in [0, 0.05) is 25.5 Å². The van der Waals surface area contributed by atoms with Crippen molar-refractivity contribution in [2.24, 2.45) is 11.8 Å². The second-order valence-corrected chi connectivity index (χ2v) is 4.30. The Balaban J connectivity index is 1.90. The van der Waals surface area contributed by atoms with Gasteiger partial charge in [0.25, 0.3) is 0 Å². The summed E-state index contributed by atoms with van der Waals surface area (Å²) in [5, 5.41) is 12.4. The summed E-state index contributed by atoms with van der Waals surface area (Å²) < 4.78 is 0. The predicted octanol–water partition coefficient (Wildman–Crippen LogP) is 0.879. The van der Waals surface area contributed by atoms with Gasteiger partial charge in [-0.15, -0.1) is 0 Å². The van der Waals surface area contributed by atoms with E-state index < -0.39 is 0 Å². The van der Waals surface area contributed by atoms with Gasteiger partial charge in [-0.25, -0.2) is 9.97 Å². The third kappa shape index (κ3) is 2.41. The third-order valence-corrected chi connectivity index (χ3v) is 3.31. The highest BCUT2D eigenvalue weighted by Crippen LogP contribution is 2.31. The molecule has 5 nitrogen and oxygen atoms in total. The molecule has 0 spiro atoms. The molecule has 0 aliphatic heterocycles. The predicted molar refractivity (Wildman–Crippen MR) is 62.9 cm³/mol. The van der Waals surface area contributed by atoms with Gasteiger partial charge in [-0.3, -0.25) is 0 Å². The van der Waals surface area contributed by atoms with Crippen LogP contribution in [0.25, 0.3) is 0 Å². The molecule has 1 aliphatic rings. The summed E-state index contributed by atoms with van der Waals surface area (Å²) in [5.74, 6) is 2.02. The Morgan fingerprint density at radius 2 is 2.06 bits per heavy atom. The van der Waals surface area contributed by atoms with E-state index in [1.54, 1.807) is 12.4 Å². The molecule has 1 fully saturated rings. The molecule has 16 heavy (non-hydrogen) atoms. The summed E-state index contributed by atoms with van der Waals surface area (Å²) in [6.07, 6.45) is 6.69. The molecule has 1 heterocycles. The van der Waals surface area contributed by atoms with Crippen LogP contribution in [0.5, 0.6) is 0 Å². The van der Waals surface area contributed by atoms with Crippen LogP contribution in [0.3, 0.4) is 0 Å². The van der Waals surface area contributed by atoms with Crippen LogP contribution in [0.15, 0.2) is 12.4 Å². The standard InChI is InChI=1S/C11H18N4O/c12-10-11(14-5-4-13-10)15-6-8-2-1-3-9(8)7-16/h4-5,8-9,16H,1-3,6-7H2,(H2,12,13)(H,14,15). The molecule has 0 amide bonds. The number of aromatic nitrogens is 2. The first kappa shape index (κ1) is 11.1. The Morgan fingerprint density at radius 1 is 1.31 bits per heavy atom. The van der Waals surface area contributed by atoms with E-state index in [0.717, 1.165) is 13.0 Å². The van der Waals surface area contributed by atoms with E-state index in [2.05, 4.69) is 15.3 Å². The lowest BCUT2D eigenvalue weighted by molar-refractivity contribution is 0.199. The van der Waals surface area contributed by atoms with Crippen LogP contribution in [0.2, 0.25) is 0 Å². The van der Waals surface area contributed by atoms with Gasteiger partial charge >= 0.3 is 0 Å². The van der Waals surface area contributed by atoms with Crippen LogP contribution >= 0.6 is 0 Å². The minimum Gasteiger partial charge on any atom is -0.396 e. The molecule has 0 radical (unpaired) electrons. The number of nitrogens with one attached hydrogen (secondary N) is 1. The highest BCUT2D eigenvalue weighted by Gasteiger charge is 2.26. The molecule has 1 saturated carbocycles. The molecule has 2 unspecified atom stereocenters. The summed E-state index contributed by atoms with van der Waals surface area (Å²) in [6.45, 7) is 1.09. The highest BCUT2D eigenvalue weighted by molar-refractivity contribution is 5.54. The maximum absolute atomic E-state index is 9.21. The first-order valence-corrected chi connectivity index (χ1v) is 5.72. The smallest absolute Gasteiger partial charge is 0.168 e. The molecule has 88 valence electrons. The number of hydrogen-bond donors (Lipinski definition) is 3. The number of anilines is 2. The van der Waals surface area contributed by atoms with Crippen LogP contribution < -0.4 is 11.1 Å². The Morgan fingerprint density at radius 3 is 2.81 bits per heavy atom. The van der Waals surface area contributed by atoms with Crippen molar-refractivity contribution in [1.29, 1.82) is 0 Å². The second-order valence-electron chi connectivity index (χ2n) is 4.30. The SMILES string of the molecule is Nc1nccnc1NCC1CCCC1CO. The van der Waals surface area contributed by atoms with Crippen molar-refractivity contribution in [3.63, 3.8) is 0 Å². The quantitative estimate of drug-likeness (QED) is 0.704. The van der Waals surface area contributed by atoms with E-state index in [0.29, 0.717) is 23.5 Å². The molecule has 5 heteroatoms. The molecule has 4 N–H and O–H groups in total. The zero-order chi connectivity index (χ0) is 11.4. The van der Waals surface area contributed by atoms with E-state index in [1.165, 1.54) is 12.8 Å². The van der Waals surface area contributed by atoms with Crippen LogP contribution in [0, 0.1) is 11.8 Å². The van der Waals surface area contributed by atoms with E-state index in [-0.39, 0.29) is 6.61 Å². The molecule has 0 bridgehead atoms. The number of hydrogen-bond acceptors (Lipinski definition) is 5. The highest BCUT2D eigenvalue weighted by atomic mass is 16.3. The molecule has 0 aromatic carbocycles. The number of aliphatic hydroxyl groups excluding tert-OH is 1. The first-order chi connectivity index (χ1) is 7.81. The minimum atomic E-state index is 0.280. The molecular formula is C11H18N4O. The fourth-order valence-corrected chi connectivity index (χ4v) is 2.34. The molecule has 2 atom stereocenters. The average Bonchev–Trinajstić information content (AvgIpc) is 2.75. The van der Waals surface area contributed by atoms with Crippen LogP contribution in [0.1, 0.15) is 19.3 Å². The summed E-state index contributed by atoms with van der Waals surface area (Å²) in [5.41, 5.74) is 5.69. The topological polar surface area (TPSA) is 84.1 Å². The molecular weight excluding hydrogens is 204 g/mol. The number of nitrogens with two attached hydrogens (primary N) is 1. The Kier molecular flexibility index (Phi) is 3.56. The molecule has 2 rings (SSSR count). The Labute approximate surface area is 95.1 Å². The minimum absolute atomic E-state index is 0.280. The maximum atomic E-state index is 9.21. The molecule has 0 saturated heterocycles. The van der Waals surface area contributed by atoms with Crippen molar-refractivity contribution in [1.82, 2.24) is 9.97 Å². The fraction of sp³-hybridized carbons (Fsp3) is 0.636. The van der Waals surface area contributed by atoms with Crippen molar-refractivity contribution >= 4 is 11.6 Å². The van der Waals surface area contributed by atoms with Gasteiger partial charge in [0.2, 0.25) is 0 Å². The van der Waals surface area contributed by atoms with Gasteiger partial charge in [0.15, 0.2) is 11.6 Å². The monoisotopic (exact) mass is 222 g/mol. The summed E-state index contributed by atoms with van der Waals surface area (Å²) in [7, 11) is 0. The summed E-state index contributed by atoms with van der Waals surface area (Å²) in [4.78, 5) is 8.10. The lowest BCUT2D eigenvalue weighted by atomic mass is 9.97. The molecule has 1 aliphatic carbocycles. The van der Waals surface area contributed by atoms with Gasteiger partial charge in [-0.2, -0.15) is 0 Å². The second kappa shape index (κ2) is 5.12. The van der Waals surface area contributed by atoms with Gasteiger partial charge in [0.1, 0.15) is 0 Å². The summed E-state index contributed by atoms with van der Waals surface area (Å²) in [6, 6.07) is 0. The van der Waals surface area contributed by atoms with Crippen molar-refractivity contribution in [3.05, 3.63) is 12.4 Å². The van der Waals surface area contributed by atoms with Gasteiger partial charge in [0.05, 0.1) is 0 Å². The normalized spacial score (nSPS) is 24.6. The van der Waals surface area contributed by atoms with Crippen molar-refractivity contribution in [3.8, 4) is 0 Å². The van der Waals surface area contributed by atoms with Crippen LogP contribution in [-0.4, -0.2) is 28.2 Å². The lowest BCUT2D eigenvalue weighted by Crippen LogP contribution is -2.21. The number of aliphatic hydroxyl groups is 1. The van der Waals surface area contributed by atoms with Crippen molar-refractivity contribution < 1.29 is 5.11 Å². The zero-order valence-electron chi connectivity index (χ0n) is 9.26. The van der Waals surface area contributed by atoms with Crippen molar-refractivity contribution in [2.75, 3.05) is 24.2 Å². The van der Waals surface area contributed by atoms with Gasteiger partial charge in [-0.05, 0) is 24.7 Å². The lowest BCUT2D eigenvalue weighted by Gasteiger charge is -2.18. The largest absolute Gasteiger partial charge is 0.396 e. The van der Waals surface area contributed by atoms with Crippen LogP contribution in [-0.2, 0) is 0 Å². The van der Waals surface area contributed by atoms with E-state index in [4.69, 9.17) is 5.73 Å². The third-order valence-electron chi connectivity index (χ3n) is 3.31. The average molecular weight is 222 g/mol. The number of nitrogen functional groups attached to an aromatic ring is 1. The number of rotatable bonds is 4.